The summed E-state index contributed by atoms with van der Waals surface area (Å²) < 4.78 is 10.1. The predicted molar refractivity (Wildman–Crippen MR) is 62.9 cm³/mol. The number of hydrogen-bond acceptors (Lipinski definition) is 4. The Balaban J connectivity index is 2.67. The van der Waals surface area contributed by atoms with Crippen LogP contribution in [0.5, 0.6) is 5.75 Å². The standard InChI is InChI=1S/C12H12ClNO3/c1-8(2)17-12(15)7-16-11-5-3-4-10(13)9(11)6-14/h3-5,8H,7H2,1-2H3. The summed E-state index contributed by atoms with van der Waals surface area (Å²) in [4.78, 5) is 11.2. The van der Waals surface area contributed by atoms with Crippen molar-refractivity contribution in [3.63, 3.8) is 0 Å². The number of hydrogen-bond donors (Lipinski definition) is 0. The number of nitrogens with zero attached hydrogens (tertiary/aromatic N) is 1. The summed E-state index contributed by atoms with van der Waals surface area (Å²) in [6.45, 7) is 3.25. The maximum Gasteiger partial charge on any atom is 0.344 e. The van der Waals surface area contributed by atoms with E-state index in [2.05, 4.69) is 0 Å². The van der Waals surface area contributed by atoms with Crippen molar-refractivity contribution in [3.8, 4) is 11.8 Å². The van der Waals surface area contributed by atoms with Crippen LogP contribution in [0.1, 0.15) is 19.4 Å². The van der Waals surface area contributed by atoms with Crippen LogP contribution in [0.25, 0.3) is 0 Å². The summed E-state index contributed by atoms with van der Waals surface area (Å²) in [6.07, 6.45) is -0.194. The summed E-state index contributed by atoms with van der Waals surface area (Å²) in [5.41, 5.74) is 0.214. The molecule has 1 aromatic rings. The second-order valence-electron chi connectivity index (χ2n) is 3.55. The number of esters is 1. The SMILES string of the molecule is CC(C)OC(=O)COc1cccc(Cl)c1C#N. The second kappa shape index (κ2) is 6.12. The van der Waals surface area contributed by atoms with Gasteiger partial charge in [-0.25, -0.2) is 4.79 Å². The van der Waals surface area contributed by atoms with E-state index >= 15 is 0 Å². The van der Waals surface area contributed by atoms with Gasteiger partial charge in [0.2, 0.25) is 0 Å². The van der Waals surface area contributed by atoms with Crippen LogP contribution in [-0.2, 0) is 9.53 Å². The van der Waals surface area contributed by atoms with E-state index in [4.69, 9.17) is 26.3 Å². The Hall–Kier alpha value is -1.73. The van der Waals surface area contributed by atoms with Gasteiger partial charge in [0.15, 0.2) is 6.61 Å². The van der Waals surface area contributed by atoms with E-state index in [1.807, 2.05) is 6.07 Å². The van der Waals surface area contributed by atoms with E-state index in [1.165, 1.54) is 0 Å². The lowest BCUT2D eigenvalue weighted by Gasteiger charge is -2.10. The van der Waals surface area contributed by atoms with E-state index in [1.54, 1.807) is 32.0 Å². The highest BCUT2D eigenvalue weighted by atomic mass is 35.5. The van der Waals surface area contributed by atoms with Crippen LogP contribution in [0.2, 0.25) is 5.02 Å². The molecule has 0 bridgehead atoms. The molecule has 1 rings (SSSR count). The zero-order valence-corrected chi connectivity index (χ0v) is 10.3. The van der Waals surface area contributed by atoms with Crippen LogP contribution < -0.4 is 4.74 Å². The molecule has 0 fully saturated rings. The van der Waals surface area contributed by atoms with Crippen LogP contribution in [0.15, 0.2) is 18.2 Å². The van der Waals surface area contributed by atoms with Gasteiger partial charge in [-0.15, -0.1) is 0 Å². The fourth-order valence-electron chi connectivity index (χ4n) is 1.17. The Labute approximate surface area is 105 Å². The minimum atomic E-state index is -0.483. The highest BCUT2D eigenvalue weighted by Crippen LogP contribution is 2.25. The minimum Gasteiger partial charge on any atom is -0.480 e. The van der Waals surface area contributed by atoms with Crippen molar-refractivity contribution in [3.05, 3.63) is 28.8 Å². The molecular formula is C12H12ClNO3. The van der Waals surface area contributed by atoms with E-state index in [0.717, 1.165) is 0 Å². The van der Waals surface area contributed by atoms with Crippen LogP contribution in [0, 0.1) is 11.3 Å². The number of rotatable bonds is 4. The van der Waals surface area contributed by atoms with Crippen molar-refractivity contribution < 1.29 is 14.3 Å². The van der Waals surface area contributed by atoms with E-state index in [-0.39, 0.29) is 24.0 Å². The molecule has 0 atom stereocenters. The summed E-state index contributed by atoms with van der Waals surface area (Å²) >= 11 is 5.81. The lowest BCUT2D eigenvalue weighted by molar-refractivity contribution is -0.149. The molecule has 17 heavy (non-hydrogen) atoms. The largest absolute Gasteiger partial charge is 0.480 e. The number of carbonyl (C=O) groups excluding carboxylic acids is 1. The van der Waals surface area contributed by atoms with Crippen molar-refractivity contribution in [2.45, 2.75) is 20.0 Å². The van der Waals surface area contributed by atoms with Gasteiger partial charge in [-0.1, -0.05) is 17.7 Å². The van der Waals surface area contributed by atoms with Crippen LogP contribution in [-0.4, -0.2) is 18.7 Å². The Morgan fingerprint density at radius 3 is 2.82 bits per heavy atom. The average molecular weight is 254 g/mol. The summed E-state index contributed by atoms with van der Waals surface area (Å²) in [5.74, 6) is -0.204. The first-order chi connectivity index (χ1) is 8.04. The Morgan fingerprint density at radius 2 is 2.24 bits per heavy atom. The number of benzene rings is 1. The quantitative estimate of drug-likeness (QED) is 0.774. The van der Waals surface area contributed by atoms with E-state index in [9.17, 15) is 4.79 Å². The van der Waals surface area contributed by atoms with Gasteiger partial charge in [-0.2, -0.15) is 5.26 Å². The van der Waals surface area contributed by atoms with Crippen molar-refractivity contribution >= 4 is 17.6 Å². The molecule has 0 aliphatic heterocycles. The van der Waals surface area contributed by atoms with Gasteiger partial charge in [-0.05, 0) is 26.0 Å². The highest BCUT2D eigenvalue weighted by molar-refractivity contribution is 6.31. The van der Waals surface area contributed by atoms with Crippen molar-refractivity contribution in [2.75, 3.05) is 6.61 Å². The van der Waals surface area contributed by atoms with Gasteiger partial charge in [0.05, 0.1) is 11.1 Å². The zero-order valence-electron chi connectivity index (χ0n) is 9.57. The molecule has 0 aromatic heterocycles. The molecule has 0 radical (unpaired) electrons. The number of halogens is 1. The normalized spacial score (nSPS) is 9.82. The molecule has 90 valence electrons. The van der Waals surface area contributed by atoms with Gasteiger partial charge >= 0.3 is 5.97 Å². The summed E-state index contributed by atoms with van der Waals surface area (Å²) in [5, 5.41) is 9.17. The fourth-order valence-corrected chi connectivity index (χ4v) is 1.37. The molecule has 0 heterocycles. The van der Waals surface area contributed by atoms with Gasteiger partial charge in [-0.3, -0.25) is 0 Å². The molecule has 0 aliphatic rings. The zero-order chi connectivity index (χ0) is 12.8. The molecule has 0 saturated carbocycles. The highest BCUT2D eigenvalue weighted by Gasteiger charge is 2.11. The summed E-state index contributed by atoms with van der Waals surface area (Å²) in [7, 11) is 0. The van der Waals surface area contributed by atoms with Crippen molar-refractivity contribution in [1.29, 1.82) is 5.26 Å². The maximum absolute atomic E-state index is 11.2. The molecule has 0 unspecified atom stereocenters. The summed E-state index contributed by atoms with van der Waals surface area (Å²) in [6, 6.07) is 6.72. The topological polar surface area (TPSA) is 59.3 Å². The lowest BCUT2D eigenvalue weighted by Crippen LogP contribution is -2.19. The third kappa shape index (κ3) is 3.97. The lowest BCUT2D eigenvalue weighted by atomic mass is 10.2. The van der Waals surface area contributed by atoms with Crippen LogP contribution >= 0.6 is 11.6 Å². The van der Waals surface area contributed by atoms with Gasteiger partial charge in [0.1, 0.15) is 17.4 Å². The molecule has 4 nitrogen and oxygen atoms in total. The number of nitriles is 1. The second-order valence-corrected chi connectivity index (χ2v) is 3.96. The molecule has 0 amide bonds. The third-order valence-electron chi connectivity index (χ3n) is 1.80. The van der Waals surface area contributed by atoms with Crippen LogP contribution in [0.4, 0.5) is 0 Å². The Bertz CT molecular complexity index is 452. The molecule has 0 saturated heterocycles. The Kier molecular flexibility index (Phi) is 4.80. The molecule has 1 aromatic carbocycles. The smallest absolute Gasteiger partial charge is 0.344 e. The van der Waals surface area contributed by atoms with Crippen molar-refractivity contribution in [1.82, 2.24) is 0 Å². The Morgan fingerprint density at radius 1 is 1.53 bits per heavy atom. The number of ether oxygens (including phenoxy) is 2. The van der Waals surface area contributed by atoms with Gasteiger partial charge < -0.3 is 9.47 Å². The van der Waals surface area contributed by atoms with E-state index < -0.39 is 5.97 Å². The first-order valence-electron chi connectivity index (χ1n) is 5.05. The first kappa shape index (κ1) is 13.3. The van der Waals surface area contributed by atoms with Crippen molar-refractivity contribution in [2.24, 2.45) is 0 Å². The monoisotopic (exact) mass is 253 g/mol. The van der Waals surface area contributed by atoms with E-state index in [0.29, 0.717) is 5.02 Å². The molecular weight excluding hydrogens is 242 g/mol. The fraction of sp³-hybridized carbons (Fsp3) is 0.333. The van der Waals surface area contributed by atoms with Crippen LogP contribution in [0.3, 0.4) is 0 Å². The molecule has 0 aliphatic carbocycles. The maximum atomic E-state index is 11.2. The number of carbonyl (C=O) groups is 1. The molecule has 0 N–H and O–H groups in total. The third-order valence-corrected chi connectivity index (χ3v) is 2.11. The first-order valence-corrected chi connectivity index (χ1v) is 5.43. The minimum absolute atomic E-state index is 0.194. The molecule has 5 heteroatoms. The van der Waals surface area contributed by atoms with Gasteiger partial charge in [0, 0.05) is 0 Å². The predicted octanol–water partition coefficient (Wildman–Crippen LogP) is 2.54. The van der Waals surface area contributed by atoms with Gasteiger partial charge in [0.25, 0.3) is 0 Å². The molecule has 0 spiro atoms. The average Bonchev–Trinajstić information content (AvgIpc) is 2.25.